The minimum absolute atomic E-state index is 0.139. The minimum Gasteiger partial charge on any atom is -0.375 e. The van der Waals surface area contributed by atoms with Gasteiger partial charge in [-0.25, -0.2) is 24.7 Å². The van der Waals surface area contributed by atoms with Crippen molar-refractivity contribution in [2.75, 3.05) is 5.32 Å². The number of aromatic nitrogens is 7. The highest BCUT2D eigenvalue weighted by molar-refractivity contribution is 7.09. The van der Waals surface area contributed by atoms with Crippen LogP contribution in [0.5, 0.6) is 0 Å². The number of anilines is 1. The molecular formula is C26H34N8O3S. The first-order valence-electron chi connectivity index (χ1n) is 13.5. The SMILES string of the molecule is CC1CCC(Cn2c(C(C)(O)c3nccs3)nc3nc(-c4noc(=O)[nH]4)nc(N[C@H](C)C4CCC4)c32)CC1. The molecule has 2 aliphatic carbocycles. The largest absolute Gasteiger partial charge is 0.439 e. The zero-order valence-corrected chi connectivity index (χ0v) is 22.8. The maximum atomic E-state index is 11.8. The van der Waals surface area contributed by atoms with Gasteiger partial charge in [0.2, 0.25) is 11.6 Å². The van der Waals surface area contributed by atoms with Crippen LogP contribution in [0.2, 0.25) is 0 Å². The predicted molar refractivity (Wildman–Crippen MR) is 144 cm³/mol. The molecule has 0 amide bonds. The van der Waals surface area contributed by atoms with Gasteiger partial charge in [-0.1, -0.05) is 31.3 Å². The zero-order chi connectivity index (χ0) is 26.4. The Morgan fingerprint density at radius 3 is 2.66 bits per heavy atom. The second-order valence-electron chi connectivity index (χ2n) is 11.2. The van der Waals surface area contributed by atoms with E-state index in [1.807, 2.05) is 5.38 Å². The number of aromatic amines is 1. The van der Waals surface area contributed by atoms with Crippen LogP contribution in [0.15, 0.2) is 20.9 Å². The number of hydrogen-bond donors (Lipinski definition) is 3. The number of hydrogen-bond acceptors (Lipinski definition) is 10. The molecule has 4 aromatic heterocycles. The maximum Gasteiger partial charge on any atom is 0.439 e. The van der Waals surface area contributed by atoms with Crippen LogP contribution in [0.3, 0.4) is 0 Å². The first-order valence-corrected chi connectivity index (χ1v) is 14.4. The van der Waals surface area contributed by atoms with Crippen LogP contribution < -0.4 is 11.1 Å². The van der Waals surface area contributed by atoms with Gasteiger partial charge in [0.15, 0.2) is 22.9 Å². The fraction of sp³-hybridized carbons (Fsp3) is 0.615. The van der Waals surface area contributed by atoms with E-state index in [0.717, 1.165) is 24.3 Å². The molecule has 0 spiro atoms. The molecule has 2 fully saturated rings. The standard InChI is InChI=1S/C26H34N8O3S/c1-14-7-9-16(10-8-14)13-34-18-19(28-15(2)17-5-4-6-17)29-21(22-32-25(35)37-33-22)30-20(18)31-23(34)26(3,36)24-27-11-12-38-24/h11-12,14-17,36H,4-10,13H2,1-3H3,(H,28,29,30)(H,32,33,35)/t14?,15-,16?,26?/m1/s1. The third-order valence-electron chi connectivity index (χ3n) is 8.34. The van der Waals surface area contributed by atoms with Gasteiger partial charge in [-0.15, -0.1) is 11.3 Å². The van der Waals surface area contributed by atoms with Crippen LogP contribution in [0.4, 0.5) is 5.82 Å². The lowest BCUT2D eigenvalue weighted by Crippen LogP contribution is -2.32. The Morgan fingerprint density at radius 2 is 2.03 bits per heavy atom. The molecular weight excluding hydrogens is 504 g/mol. The van der Waals surface area contributed by atoms with Crippen LogP contribution in [-0.4, -0.2) is 45.8 Å². The highest BCUT2D eigenvalue weighted by Crippen LogP contribution is 2.38. The Kier molecular flexibility index (Phi) is 6.55. The molecule has 2 aliphatic rings. The van der Waals surface area contributed by atoms with E-state index in [0.29, 0.717) is 40.7 Å². The van der Waals surface area contributed by atoms with Gasteiger partial charge in [0.1, 0.15) is 10.5 Å². The molecule has 6 rings (SSSR count). The molecule has 1 unspecified atom stereocenters. The van der Waals surface area contributed by atoms with Crippen LogP contribution >= 0.6 is 11.3 Å². The number of imidazole rings is 1. The van der Waals surface area contributed by atoms with E-state index in [1.54, 1.807) is 13.1 Å². The minimum atomic E-state index is -1.42. The van der Waals surface area contributed by atoms with Crippen molar-refractivity contribution < 1.29 is 9.63 Å². The molecule has 0 aromatic carbocycles. The van der Waals surface area contributed by atoms with Crippen molar-refractivity contribution in [2.24, 2.45) is 17.8 Å². The van der Waals surface area contributed by atoms with Crippen molar-refractivity contribution in [2.45, 2.75) is 83.9 Å². The summed E-state index contributed by atoms with van der Waals surface area (Å²) in [4.78, 5) is 33.0. The quantitative estimate of drug-likeness (QED) is 0.298. The number of nitrogens with one attached hydrogen (secondary N) is 2. The smallest absolute Gasteiger partial charge is 0.375 e. The van der Waals surface area contributed by atoms with Gasteiger partial charge in [-0.2, -0.15) is 0 Å². The molecule has 0 bridgehead atoms. The topological polar surface area (TPSA) is 148 Å². The summed E-state index contributed by atoms with van der Waals surface area (Å²) in [7, 11) is 0. The van der Waals surface area contributed by atoms with Gasteiger partial charge in [0.05, 0.1) is 0 Å². The average Bonchev–Trinajstić information content (AvgIpc) is 3.60. The molecule has 38 heavy (non-hydrogen) atoms. The highest BCUT2D eigenvalue weighted by atomic mass is 32.1. The van der Waals surface area contributed by atoms with Gasteiger partial charge < -0.3 is 15.0 Å². The number of nitrogens with zero attached hydrogens (tertiary/aromatic N) is 6. The van der Waals surface area contributed by atoms with E-state index in [4.69, 9.17) is 14.5 Å². The lowest BCUT2D eigenvalue weighted by molar-refractivity contribution is 0.0863. The van der Waals surface area contributed by atoms with E-state index in [9.17, 15) is 9.90 Å². The molecule has 12 heteroatoms. The van der Waals surface area contributed by atoms with E-state index in [1.165, 1.54) is 43.4 Å². The second-order valence-corrected chi connectivity index (χ2v) is 12.1. The molecule has 4 aromatic rings. The fourth-order valence-corrected chi connectivity index (χ4v) is 6.41. The molecule has 0 radical (unpaired) electrons. The second kappa shape index (κ2) is 9.88. The number of rotatable bonds is 8. The van der Waals surface area contributed by atoms with E-state index >= 15 is 0 Å². The molecule has 0 saturated heterocycles. The summed E-state index contributed by atoms with van der Waals surface area (Å²) in [5, 5.41) is 21.7. The summed E-state index contributed by atoms with van der Waals surface area (Å²) in [6, 6.07) is 0.188. The lowest BCUT2D eigenvalue weighted by atomic mass is 9.80. The Labute approximate surface area is 224 Å². The number of fused-ring (bicyclic) bond motifs is 1. The van der Waals surface area contributed by atoms with Crippen LogP contribution in [0.1, 0.15) is 76.5 Å². The van der Waals surface area contributed by atoms with Crippen molar-refractivity contribution in [3.05, 3.63) is 33.0 Å². The van der Waals surface area contributed by atoms with Crippen molar-refractivity contribution in [3.8, 4) is 11.6 Å². The molecule has 0 aliphatic heterocycles. The third kappa shape index (κ3) is 4.64. The van der Waals surface area contributed by atoms with Crippen LogP contribution in [0, 0.1) is 17.8 Å². The average molecular weight is 539 g/mol. The predicted octanol–water partition coefficient (Wildman–Crippen LogP) is 4.31. The van der Waals surface area contributed by atoms with E-state index in [-0.39, 0.29) is 17.7 Å². The summed E-state index contributed by atoms with van der Waals surface area (Å²) in [6.45, 7) is 6.93. The van der Waals surface area contributed by atoms with Crippen molar-refractivity contribution in [3.63, 3.8) is 0 Å². The first kappa shape index (κ1) is 25.2. The molecule has 11 nitrogen and oxygen atoms in total. The summed E-state index contributed by atoms with van der Waals surface area (Å²) in [5.41, 5.74) is -0.245. The number of thiazole rings is 1. The molecule has 2 saturated carbocycles. The van der Waals surface area contributed by atoms with E-state index in [2.05, 4.69) is 43.8 Å². The zero-order valence-electron chi connectivity index (χ0n) is 22.0. The van der Waals surface area contributed by atoms with Crippen LogP contribution in [0.25, 0.3) is 22.8 Å². The van der Waals surface area contributed by atoms with Crippen molar-refractivity contribution in [1.29, 1.82) is 0 Å². The summed E-state index contributed by atoms with van der Waals surface area (Å²) in [6.07, 6.45) is 9.92. The van der Waals surface area contributed by atoms with Gasteiger partial charge in [0.25, 0.3) is 0 Å². The van der Waals surface area contributed by atoms with Gasteiger partial charge in [0, 0.05) is 24.2 Å². The molecule has 4 heterocycles. The Balaban J connectivity index is 1.52. The Bertz CT molecular complexity index is 1460. The summed E-state index contributed by atoms with van der Waals surface area (Å²) >= 11 is 1.39. The van der Waals surface area contributed by atoms with Crippen molar-refractivity contribution >= 4 is 28.3 Å². The maximum absolute atomic E-state index is 11.8. The van der Waals surface area contributed by atoms with Gasteiger partial charge in [-0.3, -0.25) is 9.51 Å². The van der Waals surface area contributed by atoms with Crippen molar-refractivity contribution in [1.82, 2.24) is 34.6 Å². The fourth-order valence-electron chi connectivity index (χ4n) is 5.72. The van der Waals surface area contributed by atoms with Crippen LogP contribution in [-0.2, 0) is 12.1 Å². The van der Waals surface area contributed by atoms with Gasteiger partial charge >= 0.3 is 5.76 Å². The molecule has 2 atom stereocenters. The molecule has 3 N–H and O–H groups in total. The third-order valence-corrected chi connectivity index (χ3v) is 9.32. The first-order chi connectivity index (χ1) is 18.3. The number of aliphatic hydroxyl groups is 1. The van der Waals surface area contributed by atoms with E-state index < -0.39 is 11.4 Å². The number of H-pyrrole nitrogens is 1. The molecule has 202 valence electrons. The Morgan fingerprint density at radius 1 is 1.24 bits per heavy atom. The summed E-state index contributed by atoms with van der Waals surface area (Å²) in [5.74, 6) is 2.53. The lowest BCUT2D eigenvalue weighted by Gasteiger charge is -2.32. The Hall–Kier alpha value is -3.12. The summed E-state index contributed by atoms with van der Waals surface area (Å²) < 4.78 is 6.82. The van der Waals surface area contributed by atoms with Gasteiger partial charge in [-0.05, 0) is 57.3 Å². The monoisotopic (exact) mass is 538 g/mol. The normalized spacial score (nSPS) is 22.7. The highest BCUT2D eigenvalue weighted by Gasteiger charge is 2.37.